The van der Waals surface area contributed by atoms with Gasteiger partial charge in [-0.3, -0.25) is 0 Å². The molecule has 1 fully saturated rings. The van der Waals surface area contributed by atoms with Crippen LogP contribution < -0.4 is 0 Å². The Morgan fingerprint density at radius 1 is 0.917 bits per heavy atom. The highest BCUT2D eigenvalue weighted by molar-refractivity contribution is 9.09. The van der Waals surface area contributed by atoms with Gasteiger partial charge in [0.2, 0.25) is 0 Å². The highest BCUT2D eigenvalue weighted by Crippen LogP contribution is 2.29. The molecule has 0 saturated heterocycles. The molecule has 12 heavy (non-hydrogen) atoms. The molecular weight excluding hydrogens is 212 g/mol. The van der Waals surface area contributed by atoms with E-state index in [-0.39, 0.29) is 0 Å². The SMILES string of the molecule is CC1CCCCC[C@@H](Br)CC1C. The van der Waals surface area contributed by atoms with Crippen LogP contribution >= 0.6 is 15.9 Å². The highest BCUT2D eigenvalue weighted by atomic mass is 79.9. The molecule has 0 aromatic rings. The second-order valence-corrected chi connectivity index (χ2v) is 5.72. The third kappa shape index (κ3) is 3.47. The Bertz CT molecular complexity index is 122. The minimum atomic E-state index is 0.785. The molecule has 0 bridgehead atoms. The van der Waals surface area contributed by atoms with E-state index in [0.717, 1.165) is 16.7 Å². The zero-order valence-corrected chi connectivity index (χ0v) is 9.94. The van der Waals surface area contributed by atoms with Crippen LogP contribution in [0.2, 0.25) is 0 Å². The van der Waals surface area contributed by atoms with Gasteiger partial charge in [0.25, 0.3) is 0 Å². The largest absolute Gasteiger partial charge is 0.0891 e. The number of hydrogen-bond acceptors (Lipinski definition) is 0. The molecule has 0 N–H and O–H groups in total. The zero-order valence-electron chi connectivity index (χ0n) is 8.35. The van der Waals surface area contributed by atoms with Gasteiger partial charge in [0.1, 0.15) is 0 Å². The van der Waals surface area contributed by atoms with E-state index in [0.29, 0.717) is 0 Å². The van der Waals surface area contributed by atoms with Crippen LogP contribution in [-0.2, 0) is 0 Å². The lowest BCUT2D eigenvalue weighted by atomic mass is 9.88. The van der Waals surface area contributed by atoms with Crippen molar-refractivity contribution in [2.45, 2.75) is 57.2 Å². The summed E-state index contributed by atoms with van der Waals surface area (Å²) in [5, 5.41) is 0. The molecule has 0 nitrogen and oxygen atoms in total. The monoisotopic (exact) mass is 232 g/mol. The summed E-state index contributed by atoms with van der Waals surface area (Å²) in [6.07, 6.45) is 8.53. The van der Waals surface area contributed by atoms with E-state index in [1.54, 1.807) is 0 Å². The molecular formula is C11H21Br. The third-order valence-corrected chi connectivity index (χ3v) is 4.11. The van der Waals surface area contributed by atoms with Gasteiger partial charge in [-0.1, -0.05) is 55.5 Å². The van der Waals surface area contributed by atoms with Crippen LogP contribution in [0.5, 0.6) is 0 Å². The van der Waals surface area contributed by atoms with E-state index < -0.39 is 0 Å². The predicted molar refractivity (Wildman–Crippen MR) is 58.7 cm³/mol. The first-order valence-corrected chi connectivity index (χ1v) is 6.25. The normalized spacial score (nSPS) is 39.8. The standard InChI is InChI=1S/C11H21Br/c1-9-6-4-3-5-7-11(12)8-10(9)2/h9-11H,3-8H2,1-2H3/t9?,10?,11-/m1/s1. The van der Waals surface area contributed by atoms with Crippen molar-refractivity contribution in [2.75, 3.05) is 0 Å². The molecule has 0 amide bonds. The molecule has 0 aromatic carbocycles. The Hall–Kier alpha value is 0.480. The second-order valence-electron chi connectivity index (χ2n) is 4.43. The molecule has 72 valence electrons. The zero-order chi connectivity index (χ0) is 8.97. The Morgan fingerprint density at radius 2 is 1.58 bits per heavy atom. The van der Waals surface area contributed by atoms with Crippen LogP contribution in [-0.4, -0.2) is 4.83 Å². The van der Waals surface area contributed by atoms with Gasteiger partial charge < -0.3 is 0 Å². The minimum Gasteiger partial charge on any atom is -0.0891 e. The summed E-state index contributed by atoms with van der Waals surface area (Å²) in [5.41, 5.74) is 0. The topological polar surface area (TPSA) is 0 Å². The smallest absolute Gasteiger partial charge is 0.0148 e. The molecule has 1 saturated carbocycles. The lowest BCUT2D eigenvalue weighted by Crippen LogP contribution is -2.11. The summed E-state index contributed by atoms with van der Waals surface area (Å²) in [4.78, 5) is 0.785. The third-order valence-electron chi connectivity index (χ3n) is 3.28. The predicted octanol–water partition coefficient (Wildman–Crippen LogP) is 4.38. The maximum absolute atomic E-state index is 3.78. The summed E-state index contributed by atoms with van der Waals surface area (Å²) in [7, 11) is 0. The Morgan fingerprint density at radius 3 is 2.33 bits per heavy atom. The van der Waals surface area contributed by atoms with Crippen molar-refractivity contribution in [3.05, 3.63) is 0 Å². The van der Waals surface area contributed by atoms with Gasteiger partial charge in [-0.2, -0.15) is 0 Å². The lowest BCUT2D eigenvalue weighted by molar-refractivity contribution is 0.343. The fourth-order valence-electron chi connectivity index (χ4n) is 2.05. The maximum Gasteiger partial charge on any atom is 0.0148 e. The van der Waals surface area contributed by atoms with Crippen LogP contribution in [0.15, 0.2) is 0 Å². The van der Waals surface area contributed by atoms with E-state index in [1.807, 2.05) is 0 Å². The van der Waals surface area contributed by atoms with Gasteiger partial charge in [-0.15, -0.1) is 0 Å². The van der Waals surface area contributed by atoms with Gasteiger partial charge in [-0.05, 0) is 24.7 Å². The van der Waals surface area contributed by atoms with Crippen molar-refractivity contribution < 1.29 is 0 Å². The summed E-state index contributed by atoms with van der Waals surface area (Å²) >= 11 is 3.78. The van der Waals surface area contributed by atoms with Gasteiger partial charge >= 0.3 is 0 Å². The van der Waals surface area contributed by atoms with Crippen molar-refractivity contribution in [3.8, 4) is 0 Å². The first-order valence-electron chi connectivity index (χ1n) is 5.34. The summed E-state index contributed by atoms with van der Waals surface area (Å²) in [6.45, 7) is 4.82. The van der Waals surface area contributed by atoms with Crippen molar-refractivity contribution in [3.63, 3.8) is 0 Å². The fraction of sp³-hybridized carbons (Fsp3) is 1.00. The molecule has 1 rings (SSSR count). The molecule has 1 heteroatoms. The number of halogens is 1. The van der Waals surface area contributed by atoms with E-state index in [9.17, 15) is 0 Å². The molecule has 1 aliphatic carbocycles. The second kappa shape index (κ2) is 5.26. The average molecular weight is 233 g/mol. The van der Waals surface area contributed by atoms with E-state index in [2.05, 4.69) is 29.8 Å². The Balaban J connectivity index is 2.40. The van der Waals surface area contributed by atoms with E-state index in [4.69, 9.17) is 0 Å². The molecule has 0 heterocycles. The quantitative estimate of drug-likeness (QED) is 0.545. The number of rotatable bonds is 0. The first-order chi connectivity index (χ1) is 5.70. The van der Waals surface area contributed by atoms with Crippen LogP contribution in [0.1, 0.15) is 52.4 Å². The fourth-order valence-corrected chi connectivity index (χ4v) is 2.96. The van der Waals surface area contributed by atoms with Crippen LogP contribution in [0.3, 0.4) is 0 Å². The van der Waals surface area contributed by atoms with Gasteiger partial charge in [-0.25, -0.2) is 0 Å². The molecule has 0 radical (unpaired) electrons. The maximum atomic E-state index is 3.78. The average Bonchev–Trinajstić information content (AvgIpc) is 2.07. The molecule has 3 atom stereocenters. The molecule has 1 aliphatic rings. The highest BCUT2D eigenvalue weighted by Gasteiger charge is 2.17. The Labute approximate surface area is 85.3 Å². The molecule has 2 unspecified atom stereocenters. The summed E-state index contributed by atoms with van der Waals surface area (Å²) in [6, 6.07) is 0. The van der Waals surface area contributed by atoms with Crippen molar-refractivity contribution >= 4 is 15.9 Å². The van der Waals surface area contributed by atoms with Crippen molar-refractivity contribution in [1.29, 1.82) is 0 Å². The summed E-state index contributed by atoms with van der Waals surface area (Å²) < 4.78 is 0. The number of hydrogen-bond donors (Lipinski definition) is 0. The van der Waals surface area contributed by atoms with Crippen LogP contribution in [0.4, 0.5) is 0 Å². The molecule has 0 aliphatic heterocycles. The lowest BCUT2D eigenvalue weighted by Gasteiger charge is -2.20. The summed E-state index contributed by atoms with van der Waals surface area (Å²) in [5.74, 6) is 1.84. The van der Waals surface area contributed by atoms with Crippen LogP contribution in [0, 0.1) is 11.8 Å². The van der Waals surface area contributed by atoms with E-state index in [1.165, 1.54) is 38.5 Å². The number of alkyl halides is 1. The van der Waals surface area contributed by atoms with Crippen molar-refractivity contribution in [1.82, 2.24) is 0 Å². The van der Waals surface area contributed by atoms with E-state index >= 15 is 0 Å². The van der Waals surface area contributed by atoms with Gasteiger partial charge in [0, 0.05) is 4.83 Å². The van der Waals surface area contributed by atoms with Crippen molar-refractivity contribution in [2.24, 2.45) is 11.8 Å². The Kier molecular flexibility index (Phi) is 4.63. The first kappa shape index (κ1) is 10.6. The minimum absolute atomic E-state index is 0.785. The van der Waals surface area contributed by atoms with Crippen LogP contribution in [0.25, 0.3) is 0 Å². The molecule has 0 spiro atoms. The van der Waals surface area contributed by atoms with Gasteiger partial charge in [0.05, 0.1) is 0 Å². The molecule has 0 aromatic heterocycles. The van der Waals surface area contributed by atoms with Gasteiger partial charge in [0.15, 0.2) is 0 Å².